The summed E-state index contributed by atoms with van der Waals surface area (Å²) in [5.74, 6) is 0.0984. The molecule has 3 heterocycles. The van der Waals surface area contributed by atoms with Crippen LogP contribution in [0.1, 0.15) is 21.6 Å². The Hall–Kier alpha value is -2.66. The highest BCUT2D eigenvalue weighted by Gasteiger charge is 2.24. The molecular formula is C19H15N3OS. The third kappa shape index (κ3) is 2.05. The average molecular weight is 333 g/mol. The summed E-state index contributed by atoms with van der Waals surface area (Å²) < 4.78 is 1.06. The number of carbonyl (C=O) groups excluding carboxylic acids is 1. The highest BCUT2D eigenvalue weighted by atomic mass is 32.1. The summed E-state index contributed by atoms with van der Waals surface area (Å²) in [6.07, 6.45) is 0.874. The minimum Gasteiger partial charge on any atom is -0.358 e. The summed E-state index contributed by atoms with van der Waals surface area (Å²) >= 11 is 1.57. The quantitative estimate of drug-likeness (QED) is 0.573. The lowest BCUT2D eigenvalue weighted by molar-refractivity contribution is 0.0735. The Morgan fingerprint density at radius 3 is 3.08 bits per heavy atom. The first-order valence-corrected chi connectivity index (χ1v) is 8.88. The molecule has 0 fully saturated rings. The summed E-state index contributed by atoms with van der Waals surface area (Å²) in [6.45, 7) is 1.41. The van der Waals surface area contributed by atoms with Gasteiger partial charge in [0, 0.05) is 47.2 Å². The SMILES string of the molecule is O=C(c1ccc2ncsc2c1)N1CCc2[nH]c3ccccc3c2C1. The topological polar surface area (TPSA) is 49.0 Å². The van der Waals surface area contributed by atoms with Gasteiger partial charge in [0.2, 0.25) is 0 Å². The molecule has 1 aliphatic rings. The molecule has 4 nitrogen and oxygen atoms in total. The molecule has 118 valence electrons. The number of thiazole rings is 1. The van der Waals surface area contributed by atoms with E-state index in [1.165, 1.54) is 16.6 Å². The predicted molar refractivity (Wildman–Crippen MR) is 96.4 cm³/mol. The van der Waals surface area contributed by atoms with Gasteiger partial charge in [-0.15, -0.1) is 11.3 Å². The van der Waals surface area contributed by atoms with Crippen molar-refractivity contribution in [1.29, 1.82) is 0 Å². The second-order valence-corrected chi connectivity index (χ2v) is 7.03. The Kier molecular flexibility index (Phi) is 2.97. The van der Waals surface area contributed by atoms with Crippen LogP contribution >= 0.6 is 11.3 Å². The van der Waals surface area contributed by atoms with E-state index in [1.807, 2.05) is 34.7 Å². The van der Waals surface area contributed by atoms with Gasteiger partial charge in [-0.2, -0.15) is 0 Å². The number of nitrogens with one attached hydrogen (secondary N) is 1. The summed E-state index contributed by atoms with van der Waals surface area (Å²) in [7, 11) is 0. The summed E-state index contributed by atoms with van der Waals surface area (Å²) in [6, 6.07) is 14.1. The van der Waals surface area contributed by atoms with Crippen molar-refractivity contribution < 1.29 is 4.79 Å². The van der Waals surface area contributed by atoms with Gasteiger partial charge in [0.1, 0.15) is 0 Å². The van der Waals surface area contributed by atoms with Gasteiger partial charge in [-0.3, -0.25) is 4.79 Å². The number of hydrogen-bond donors (Lipinski definition) is 1. The molecule has 4 aromatic rings. The molecule has 0 saturated heterocycles. The van der Waals surface area contributed by atoms with E-state index in [1.54, 1.807) is 11.3 Å². The third-order valence-electron chi connectivity index (χ3n) is 4.75. The maximum atomic E-state index is 12.9. The van der Waals surface area contributed by atoms with Crippen LogP contribution in [-0.2, 0) is 13.0 Å². The van der Waals surface area contributed by atoms with Crippen molar-refractivity contribution in [3.05, 3.63) is 64.8 Å². The number of aromatic nitrogens is 2. The fourth-order valence-electron chi connectivity index (χ4n) is 3.51. The molecule has 0 saturated carbocycles. The number of rotatable bonds is 1. The maximum absolute atomic E-state index is 12.9. The second-order valence-electron chi connectivity index (χ2n) is 6.14. The van der Waals surface area contributed by atoms with Crippen molar-refractivity contribution in [2.24, 2.45) is 0 Å². The number of para-hydroxylation sites is 1. The van der Waals surface area contributed by atoms with E-state index in [9.17, 15) is 4.79 Å². The van der Waals surface area contributed by atoms with Crippen LogP contribution in [0.25, 0.3) is 21.1 Å². The van der Waals surface area contributed by atoms with Gasteiger partial charge >= 0.3 is 0 Å². The summed E-state index contributed by atoms with van der Waals surface area (Å²) in [5.41, 5.74) is 7.19. The highest BCUT2D eigenvalue weighted by molar-refractivity contribution is 7.16. The number of H-pyrrole nitrogens is 1. The Bertz CT molecular complexity index is 1080. The van der Waals surface area contributed by atoms with Crippen molar-refractivity contribution in [2.75, 3.05) is 6.54 Å². The molecule has 0 atom stereocenters. The lowest BCUT2D eigenvalue weighted by Crippen LogP contribution is -2.35. The molecule has 0 aliphatic carbocycles. The minimum atomic E-state index is 0.0984. The van der Waals surface area contributed by atoms with Crippen LogP contribution in [0.3, 0.4) is 0 Å². The molecule has 0 spiro atoms. The number of amides is 1. The summed E-state index contributed by atoms with van der Waals surface area (Å²) in [5, 5.41) is 1.22. The van der Waals surface area contributed by atoms with Gasteiger partial charge in [-0.25, -0.2) is 4.98 Å². The predicted octanol–water partition coefficient (Wildman–Crippen LogP) is 3.98. The van der Waals surface area contributed by atoms with E-state index in [0.29, 0.717) is 6.54 Å². The highest BCUT2D eigenvalue weighted by Crippen LogP contribution is 2.28. The first-order chi connectivity index (χ1) is 11.8. The maximum Gasteiger partial charge on any atom is 0.254 e. The minimum absolute atomic E-state index is 0.0984. The summed E-state index contributed by atoms with van der Waals surface area (Å²) in [4.78, 5) is 22.7. The Morgan fingerprint density at radius 2 is 2.12 bits per heavy atom. The molecule has 0 unspecified atom stereocenters. The Labute approximate surface area is 142 Å². The third-order valence-corrected chi connectivity index (χ3v) is 5.54. The fourth-order valence-corrected chi connectivity index (χ4v) is 4.23. The van der Waals surface area contributed by atoms with Crippen LogP contribution in [0, 0.1) is 0 Å². The van der Waals surface area contributed by atoms with E-state index in [-0.39, 0.29) is 5.91 Å². The first kappa shape index (κ1) is 13.7. The van der Waals surface area contributed by atoms with Crippen LogP contribution in [0.5, 0.6) is 0 Å². The number of hydrogen-bond acceptors (Lipinski definition) is 3. The van der Waals surface area contributed by atoms with Crippen LogP contribution < -0.4 is 0 Å². The first-order valence-electron chi connectivity index (χ1n) is 8.00. The molecule has 24 heavy (non-hydrogen) atoms. The van der Waals surface area contributed by atoms with Gasteiger partial charge in [0.05, 0.1) is 15.7 Å². The van der Waals surface area contributed by atoms with E-state index in [0.717, 1.165) is 34.3 Å². The lowest BCUT2D eigenvalue weighted by Gasteiger charge is -2.27. The van der Waals surface area contributed by atoms with Crippen LogP contribution in [0.2, 0.25) is 0 Å². The smallest absolute Gasteiger partial charge is 0.254 e. The molecule has 2 aromatic carbocycles. The number of nitrogens with zero attached hydrogens (tertiary/aromatic N) is 2. The van der Waals surface area contributed by atoms with Gasteiger partial charge in [-0.1, -0.05) is 18.2 Å². The van der Waals surface area contributed by atoms with Crippen molar-refractivity contribution in [3.63, 3.8) is 0 Å². The molecule has 1 aliphatic heterocycles. The monoisotopic (exact) mass is 333 g/mol. The molecule has 2 aromatic heterocycles. The molecule has 5 rings (SSSR count). The Balaban J connectivity index is 1.50. The van der Waals surface area contributed by atoms with E-state index < -0.39 is 0 Å². The van der Waals surface area contributed by atoms with E-state index in [4.69, 9.17) is 0 Å². The Morgan fingerprint density at radius 1 is 1.21 bits per heavy atom. The molecule has 0 radical (unpaired) electrons. The van der Waals surface area contributed by atoms with Gasteiger partial charge < -0.3 is 9.88 Å². The van der Waals surface area contributed by atoms with Crippen molar-refractivity contribution >= 4 is 38.4 Å². The van der Waals surface area contributed by atoms with Crippen molar-refractivity contribution in [1.82, 2.24) is 14.9 Å². The van der Waals surface area contributed by atoms with Crippen LogP contribution in [-0.4, -0.2) is 27.3 Å². The zero-order valence-corrected chi connectivity index (χ0v) is 13.8. The average Bonchev–Trinajstić information content (AvgIpc) is 3.24. The van der Waals surface area contributed by atoms with Gasteiger partial charge in [0.15, 0.2) is 0 Å². The number of aromatic amines is 1. The number of carbonyl (C=O) groups is 1. The fraction of sp³-hybridized carbons (Fsp3) is 0.158. The molecule has 0 bridgehead atoms. The zero-order chi connectivity index (χ0) is 16.1. The molecular weight excluding hydrogens is 318 g/mol. The van der Waals surface area contributed by atoms with Crippen LogP contribution in [0.15, 0.2) is 48.0 Å². The largest absolute Gasteiger partial charge is 0.358 e. The van der Waals surface area contributed by atoms with Gasteiger partial charge in [0.25, 0.3) is 5.91 Å². The van der Waals surface area contributed by atoms with Gasteiger partial charge in [-0.05, 0) is 24.3 Å². The standard InChI is InChI=1S/C19H15N3OS/c23-19(12-5-6-17-18(9-12)24-11-20-17)22-8-7-16-14(10-22)13-3-1-2-4-15(13)21-16/h1-6,9,11,21H,7-8,10H2. The number of fused-ring (bicyclic) bond motifs is 4. The second kappa shape index (κ2) is 5.18. The molecule has 5 heteroatoms. The lowest BCUT2D eigenvalue weighted by atomic mass is 10.0. The van der Waals surface area contributed by atoms with E-state index >= 15 is 0 Å². The molecule has 1 N–H and O–H groups in total. The number of benzene rings is 2. The zero-order valence-electron chi connectivity index (χ0n) is 13.0. The van der Waals surface area contributed by atoms with E-state index in [2.05, 4.69) is 28.2 Å². The van der Waals surface area contributed by atoms with Crippen LogP contribution in [0.4, 0.5) is 0 Å². The normalized spacial score (nSPS) is 14.2. The van der Waals surface area contributed by atoms with Crippen molar-refractivity contribution in [2.45, 2.75) is 13.0 Å². The van der Waals surface area contributed by atoms with Crippen molar-refractivity contribution in [3.8, 4) is 0 Å². The molecule has 1 amide bonds.